The first-order valence-electron chi connectivity index (χ1n) is 10.9. The minimum Gasteiger partial charge on any atom is -0.276 e. The number of halogens is 1. The highest BCUT2D eigenvalue weighted by Crippen LogP contribution is 2.34. The van der Waals surface area contributed by atoms with Crippen molar-refractivity contribution in [3.63, 3.8) is 0 Å². The summed E-state index contributed by atoms with van der Waals surface area (Å²) in [6, 6.07) is 15.6. The molecule has 0 unspecified atom stereocenters. The fraction of sp³-hybridized carbons (Fsp3) is 0.120. The van der Waals surface area contributed by atoms with Crippen molar-refractivity contribution < 1.29 is 13.2 Å². The van der Waals surface area contributed by atoms with Gasteiger partial charge in [0.2, 0.25) is 0 Å². The number of rotatable bonds is 2. The number of amides is 1. The van der Waals surface area contributed by atoms with Gasteiger partial charge in [-0.2, -0.15) is 0 Å². The highest BCUT2D eigenvalue weighted by atomic mass is 35.5. The maximum absolute atomic E-state index is 12.8. The van der Waals surface area contributed by atoms with E-state index in [1.54, 1.807) is 12.1 Å². The lowest BCUT2D eigenvalue weighted by Crippen LogP contribution is -2.30. The fourth-order valence-corrected chi connectivity index (χ4v) is 7.06. The second-order valence-electron chi connectivity index (χ2n) is 8.09. The first kappa shape index (κ1) is 22.7. The highest BCUT2D eigenvalue weighted by molar-refractivity contribution is 7.90. The summed E-state index contributed by atoms with van der Waals surface area (Å²) in [6.45, 7) is 1.97. The zero-order valence-corrected chi connectivity index (χ0v) is 21.2. The first-order valence-corrected chi connectivity index (χ1v) is 13.5. The molecule has 8 nitrogen and oxygen atoms in total. The van der Waals surface area contributed by atoms with E-state index in [-0.39, 0.29) is 17.0 Å². The number of carbonyl (C=O) groups excluding carboxylic acids is 1. The van der Waals surface area contributed by atoms with Crippen LogP contribution in [0.1, 0.15) is 38.0 Å². The van der Waals surface area contributed by atoms with Crippen molar-refractivity contribution >= 4 is 44.6 Å². The predicted octanol–water partition coefficient (Wildman–Crippen LogP) is 3.84. The van der Waals surface area contributed by atoms with Gasteiger partial charge >= 0.3 is 0 Å². The molecule has 6 rings (SSSR count). The summed E-state index contributed by atoms with van der Waals surface area (Å²) < 4.78 is 28.4. The lowest BCUT2D eigenvalue weighted by molar-refractivity contribution is 0.0882. The Morgan fingerprint density at radius 2 is 1.81 bits per heavy atom. The molecule has 4 heterocycles. The van der Waals surface area contributed by atoms with Gasteiger partial charge in [-0.1, -0.05) is 53.8 Å². The maximum atomic E-state index is 12.8. The van der Waals surface area contributed by atoms with Crippen LogP contribution in [0, 0.1) is 18.8 Å². The summed E-state index contributed by atoms with van der Waals surface area (Å²) in [7, 11) is -3.91. The quantitative estimate of drug-likeness (QED) is 0.365. The lowest BCUT2D eigenvalue weighted by Gasteiger charge is -2.10. The number of fused-ring (bicyclic) bond motifs is 4. The Balaban J connectivity index is 1.39. The van der Waals surface area contributed by atoms with E-state index >= 15 is 0 Å². The lowest BCUT2D eigenvalue weighted by atomic mass is 10.0. The minimum absolute atomic E-state index is 0.0100. The number of nitrogens with zero attached hydrogens (tertiary/aromatic N) is 5. The number of hydrogen-bond donors (Lipinski definition) is 0. The van der Waals surface area contributed by atoms with Crippen molar-refractivity contribution in [1.29, 1.82) is 0 Å². The summed E-state index contributed by atoms with van der Waals surface area (Å²) in [5.41, 5.74) is 2.51. The largest absolute Gasteiger partial charge is 0.276 e. The molecule has 0 N–H and O–H groups in total. The molecular formula is C25H16ClN5O3S2. The van der Waals surface area contributed by atoms with Gasteiger partial charge in [-0.3, -0.25) is 14.4 Å². The molecule has 2 aliphatic rings. The maximum Gasteiger partial charge on any atom is 0.269 e. The monoisotopic (exact) mass is 533 g/mol. The Morgan fingerprint density at radius 3 is 2.58 bits per heavy atom. The number of aryl methyl sites for hydroxylation is 1. The number of sulfonamides is 1. The van der Waals surface area contributed by atoms with Crippen LogP contribution < -0.4 is 0 Å². The summed E-state index contributed by atoms with van der Waals surface area (Å²) in [6.07, 6.45) is 0. The molecule has 2 aromatic heterocycles. The van der Waals surface area contributed by atoms with Gasteiger partial charge in [-0.15, -0.1) is 21.5 Å². The van der Waals surface area contributed by atoms with Gasteiger partial charge in [-0.05, 0) is 31.2 Å². The molecule has 1 amide bonds. The smallest absolute Gasteiger partial charge is 0.269 e. The van der Waals surface area contributed by atoms with Gasteiger partial charge in [0.25, 0.3) is 15.9 Å². The Hall–Kier alpha value is -3.78. The molecule has 0 bridgehead atoms. The van der Waals surface area contributed by atoms with Gasteiger partial charge < -0.3 is 0 Å². The van der Waals surface area contributed by atoms with E-state index < -0.39 is 15.9 Å². The summed E-state index contributed by atoms with van der Waals surface area (Å²) >= 11 is 7.92. The van der Waals surface area contributed by atoms with E-state index in [4.69, 9.17) is 16.6 Å². The molecule has 11 heteroatoms. The SMILES string of the molecule is Cc1nnc2n1-c1sc(C#CCN3C(=O)c4ccccc4S3(=O)=O)cc1C(c1ccccc1Cl)=NC2. The Kier molecular flexibility index (Phi) is 5.30. The molecule has 4 aromatic rings. The topological polar surface area (TPSA) is 97.5 Å². The zero-order valence-electron chi connectivity index (χ0n) is 18.8. The second kappa shape index (κ2) is 8.41. The predicted molar refractivity (Wildman–Crippen MR) is 136 cm³/mol. The van der Waals surface area contributed by atoms with Crippen LogP contribution >= 0.6 is 22.9 Å². The van der Waals surface area contributed by atoms with Crippen molar-refractivity contribution in [1.82, 2.24) is 19.1 Å². The molecule has 0 saturated heterocycles. The van der Waals surface area contributed by atoms with Crippen molar-refractivity contribution in [3.05, 3.63) is 92.8 Å². The van der Waals surface area contributed by atoms with E-state index in [1.165, 1.54) is 23.5 Å². The second-order valence-corrected chi connectivity index (χ2v) is 11.4. The van der Waals surface area contributed by atoms with Crippen LogP contribution in [-0.4, -0.2) is 45.7 Å². The van der Waals surface area contributed by atoms with Crippen molar-refractivity contribution in [2.75, 3.05) is 6.54 Å². The van der Waals surface area contributed by atoms with E-state index in [9.17, 15) is 13.2 Å². The third kappa shape index (κ3) is 3.47. The van der Waals surface area contributed by atoms with Gasteiger partial charge in [0.15, 0.2) is 5.82 Å². The number of benzene rings is 2. The normalized spacial score (nSPS) is 15.3. The van der Waals surface area contributed by atoms with Crippen molar-refractivity contribution in [3.8, 4) is 16.8 Å². The van der Waals surface area contributed by atoms with Gasteiger partial charge in [0.05, 0.1) is 22.7 Å². The minimum atomic E-state index is -3.91. The summed E-state index contributed by atoms with van der Waals surface area (Å²) in [5.74, 6) is 6.74. The first-order chi connectivity index (χ1) is 17.4. The highest BCUT2D eigenvalue weighted by Gasteiger charge is 2.40. The molecule has 0 atom stereocenters. The molecule has 0 saturated carbocycles. The molecule has 0 fully saturated rings. The Morgan fingerprint density at radius 1 is 1.06 bits per heavy atom. The molecule has 36 heavy (non-hydrogen) atoms. The van der Waals surface area contributed by atoms with Gasteiger partial charge in [-0.25, -0.2) is 12.7 Å². The molecule has 2 aromatic carbocycles. The van der Waals surface area contributed by atoms with Crippen LogP contribution in [-0.2, 0) is 16.6 Å². The third-order valence-corrected chi connectivity index (χ3v) is 9.07. The molecular weight excluding hydrogens is 518 g/mol. The van der Waals surface area contributed by atoms with Crippen LogP contribution in [0.15, 0.2) is 64.5 Å². The van der Waals surface area contributed by atoms with Crippen LogP contribution in [0.2, 0.25) is 5.02 Å². The average molecular weight is 534 g/mol. The standard InChI is InChI=1S/C25H16ClN5O3S2/c1-15-28-29-22-14-27-23(17-8-2-4-10-20(17)26)19-13-16(35-25(19)31(15)22)7-6-12-30-24(32)18-9-3-5-11-21(18)36(30,33)34/h2-5,8-11,13H,12,14H2,1H3. The molecule has 0 radical (unpaired) electrons. The Bertz CT molecular complexity index is 1780. The molecule has 178 valence electrons. The third-order valence-electron chi connectivity index (χ3n) is 5.92. The van der Waals surface area contributed by atoms with Gasteiger partial charge in [0, 0.05) is 16.1 Å². The van der Waals surface area contributed by atoms with E-state index in [0.29, 0.717) is 22.3 Å². The summed E-state index contributed by atoms with van der Waals surface area (Å²) in [4.78, 5) is 18.2. The van der Waals surface area contributed by atoms with Gasteiger partial charge in [0.1, 0.15) is 22.3 Å². The number of aromatic nitrogens is 3. The average Bonchev–Trinajstić information content (AvgIpc) is 3.46. The van der Waals surface area contributed by atoms with Crippen molar-refractivity contribution in [2.24, 2.45) is 4.99 Å². The number of aliphatic imine (C=N–C) groups is 1. The fourth-order valence-electron chi connectivity index (χ4n) is 4.26. The number of carbonyl (C=O) groups is 1. The van der Waals surface area contributed by atoms with E-state index in [0.717, 1.165) is 32.0 Å². The summed E-state index contributed by atoms with van der Waals surface area (Å²) in [5, 5.41) is 9.89. The van der Waals surface area contributed by atoms with Crippen LogP contribution in [0.25, 0.3) is 5.00 Å². The zero-order chi connectivity index (χ0) is 25.0. The van der Waals surface area contributed by atoms with Crippen molar-refractivity contribution in [2.45, 2.75) is 18.4 Å². The molecule has 0 spiro atoms. The van der Waals surface area contributed by atoms with E-state index in [1.807, 2.05) is 41.8 Å². The number of hydrogen-bond acceptors (Lipinski definition) is 7. The van der Waals surface area contributed by atoms with Crippen LogP contribution in [0.3, 0.4) is 0 Å². The van der Waals surface area contributed by atoms with Crippen LogP contribution in [0.5, 0.6) is 0 Å². The van der Waals surface area contributed by atoms with E-state index in [2.05, 4.69) is 22.0 Å². The molecule has 0 aliphatic carbocycles. The molecule has 2 aliphatic heterocycles. The number of thiophene rings is 1. The van der Waals surface area contributed by atoms with Crippen LogP contribution in [0.4, 0.5) is 0 Å². The Labute approximate surface area is 215 Å².